The van der Waals surface area contributed by atoms with Crippen molar-refractivity contribution in [1.82, 2.24) is 10.3 Å². The minimum atomic E-state index is -0.490. The molecule has 1 amide bonds. The fraction of sp³-hybridized carbons (Fsp3) is 0.625. The molecule has 0 aliphatic heterocycles. The second-order valence-electron chi connectivity index (χ2n) is 6.34. The summed E-state index contributed by atoms with van der Waals surface area (Å²) in [6, 6.07) is 3.90. The van der Waals surface area contributed by atoms with Gasteiger partial charge < -0.3 is 15.2 Å². The number of carbonyl (C=O) groups is 1. The molecule has 1 aromatic heterocycles. The molecule has 1 rings (SSSR count). The van der Waals surface area contributed by atoms with Gasteiger partial charge in [-0.15, -0.1) is 0 Å². The molecule has 0 spiro atoms. The van der Waals surface area contributed by atoms with Crippen molar-refractivity contribution >= 4 is 6.09 Å². The van der Waals surface area contributed by atoms with Gasteiger partial charge in [0.05, 0.1) is 0 Å². The molecule has 0 bridgehead atoms. The smallest absolute Gasteiger partial charge is 0.407 e. The van der Waals surface area contributed by atoms with Gasteiger partial charge in [0.1, 0.15) is 5.60 Å². The topological polar surface area (TPSA) is 71.5 Å². The Labute approximate surface area is 126 Å². The van der Waals surface area contributed by atoms with Gasteiger partial charge in [-0.2, -0.15) is 0 Å². The van der Waals surface area contributed by atoms with Crippen molar-refractivity contribution in [1.29, 1.82) is 0 Å². The standard InChI is InChI=1S/C16H26N2O3/c1-12(11-19)5-7-14-8-6-13(9-17-14)10-18-15(20)21-16(2,3)4/h6,8-9,12,19H,5,7,10-11H2,1-4H3,(H,18,20). The molecule has 2 N–H and O–H groups in total. The molecular weight excluding hydrogens is 268 g/mol. The molecular formula is C16H26N2O3. The Kier molecular flexibility index (Phi) is 6.62. The molecule has 1 unspecified atom stereocenters. The maximum Gasteiger partial charge on any atom is 0.407 e. The van der Waals surface area contributed by atoms with E-state index in [4.69, 9.17) is 9.84 Å². The average molecular weight is 294 g/mol. The first-order valence-electron chi connectivity index (χ1n) is 7.31. The molecule has 1 atom stereocenters. The number of alkyl carbamates (subject to hydrolysis) is 1. The van der Waals surface area contributed by atoms with E-state index < -0.39 is 11.7 Å². The van der Waals surface area contributed by atoms with E-state index in [2.05, 4.69) is 10.3 Å². The lowest BCUT2D eigenvalue weighted by Gasteiger charge is -2.19. The first-order chi connectivity index (χ1) is 9.80. The molecule has 1 aromatic rings. The first-order valence-corrected chi connectivity index (χ1v) is 7.31. The second-order valence-corrected chi connectivity index (χ2v) is 6.34. The summed E-state index contributed by atoms with van der Waals surface area (Å²) in [6.45, 7) is 8.11. The number of hydrogen-bond acceptors (Lipinski definition) is 4. The summed E-state index contributed by atoms with van der Waals surface area (Å²) in [5, 5.41) is 11.7. The Morgan fingerprint density at radius 1 is 1.43 bits per heavy atom. The van der Waals surface area contributed by atoms with Gasteiger partial charge in [0.2, 0.25) is 0 Å². The van der Waals surface area contributed by atoms with Crippen LogP contribution in [0.25, 0.3) is 0 Å². The third kappa shape index (κ3) is 7.66. The zero-order valence-electron chi connectivity index (χ0n) is 13.3. The molecule has 0 aliphatic carbocycles. The van der Waals surface area contributed by atoms with Gasteiger partial charge in [0.15, 0.2) is 0 Å². The molecule has 0 aliphatic rings. The summed E-state index contributed by atoms with van der Waals surface area (Å²) in [5.41, 5.74) is 1.44. The highest BCUT2D eigenvalue weighted by molar-refractivity contribution is 5.67. The van der Waals surface area contributed by atoms with Crippen molar-refractivity contribution in [3.8, 4) is 0 Å². The number of aliphatic hydroxyl groups excluding tert-OH is 1. The summed E-state index contributed by atoms with van der Waals surface area (Å²) in [4.78, 5) is 15.9. The summed E-state index contributed by atoms with van der Waals surface area (Å²) >= 11 is 0. The largest absolute Gasteiger partial charge is 0.444 e. The van der Waals surface area contributed by atoms with Crippen molar-refractivity contribution < 1.29 is 14.6 Å². The predicted octanol–water partition coefficient (Wildman–Crippen LogP) is 2.67. The van der Waals surface area contributed by atoms with Crippen molar-refractivity contribution in [3.05, 3.63) is 29.6 Å². The molecule has 118 valence electrons. The van der Waals surface area contributed by atoms with Gasteiger partial charge in [0.25, 0.3) is 0 Å². The van der Waals surface area contributed by atoms with Crippen LogP contribution >= 0.6 is 0 Å². The second kappa shape index (κ2) is 7.98. The minimum absolute atomic E-state index is 0.206. The van der Waals surface area contributed by atoms with Crippen LogP contribution in [0.1, 0.15) is 45.4 Å². The van der Waals surface area contributed by atoms with Crippen molar-refractivity contribution in [2.45, 2.75) is 52.7 Å². The Morgan fingerprint density at radius 2 is 2.14 bits per heavy atom. The molecule has 0 aromatic carbocycles. The van der Waals surface area contributed by atoms with Crippen LogP contribution in [0.2, 0.25) is 0 Å². The van der Waals surface area contributed by atoms with Crippen molar-refractivity contribution in [3.63, 3.8) is 0 Å². The number of aromatic nitrogens is 1. The van der Waals surface area contributed by atoms with Crippen LogP contribution in [-0.2, 0) is 17.7 Å². The van der Waals surface area contributed by atoms with Crippen LogP contribution < -0.4 is 5.32 Å². The monoisotopic (exact) mass is 294 g/mol. The molecule has 0 saturated carbocycles. The van der Waals surface area contributed by atoms with Gasteiger partial charge >= 0.3 is 6.09 Å². The number of rotatable bonds is 6. The highest BCUT2D eigenvalue weighted by Crippen LogP contribution is 2.09. The van der Waals surface area contributed by atoms with Gasteiger partial charge in [-0.1, -0.05) is 13.0 Å². The van der Waals surface area contributed by atoms with Crippen LogP contribution in [0.5, 0.6) is 0 Å². The van der Waals surface area contributed by atoms with Gasteiger partial charge in [-0.25, -0.2) is 4.79 Å². The normalized spacial score (nSPS) is 12.8. The van der Waals surface area contributed by atoms with E-state index >= 15 is 0 Å². The van der Waals surface area contributed by atoms with E-state index in [0.29, 0.717) is 12.5 Å². The molecule has 0 fully saturated rings. The summed E-state index contributed by atoms with van der Waals surface area (Å²) < 4.78 is 5.17. The Balaban J connectivity index is 2.39. The predicted molar refractivity (Wildman–Crippen MR) is 81.9 cm³/mol. The molecule has 21 heavy (non-hydrogen) atoms. The van der Waals surface area contributed by atoms with E-state index in [1.165, 1.54) is 0 Å². The number of hydrogen-bond donors (Lipinski definition) is 2. The molecule has 5 nitrogen and oxygen atoms in total. The third-order valence-corrected chi connectivity index (χ3v) is 2.93. The number of nitrogens with zero attached hydrogens (tertiary/aromatic N) is 1. The Bertz CT molecular complexity index is 438. The number of amides is 1. The average Bonchev–Trinajstić information content (AvgIpc) is 2.41. The number of aryl methyl sites for hydroxylation is 1. The lowest BCUT2D eigenvalue weighted by molar-refractivity contribution is 0.0523. The summed E-state index contributed by atoms with van der Waals surface area (Å²) in [7, 11) is 0. The highest BCUT2D eigenvalue weighted by atomic mass is 16.6. The van der Waals surface area contributed by atoms with Crippen LogP contribution in [0, 0.1) is 5.92 Å². The van der Waals surface area contributed by atoms with Crippen LogP contribution in [0.15, 0.2) is 18.3 Å². The van der Waals surface area contributed by atoms with E-state index in [-0.39, 0.29) is 6.61 Å². The number of ether oxygens (including phenoxy) is 1. The maximum absolute atomic E-state index is 11.5. The lowest BCUT2D eigenvalue weighted by Crippen LogP contribution is -2.32. The lowest BCUT2D eigenvalue weighted by atomic mass is 10.0. The highest BCUT2D eigenvalue weighted by Gasteiger charge is 2.15. The third-order valence-electron chi connectivity index (χ3n) is 2.93. The number of aliphatic hydroxyl groups is 1. The van der Waals surface area contributed by atoms with Crippen LogP contribution in [0.3, 0.4) is 0 Å². The Hall–Kier alpha value is -1.62. The first kappa shape index (κ1) is 17.4. The van der Waals surface area contributed by atoms with Gasteiger partial charge in [0, 0.05) is 25.0 Å². The SMILES string of the molecule is CC(CO)CCc1ccc(CNC(=O)OC(C)(C)C)cn1. The number of nitrogens with one attached hydrogen (secondary N) is 1. The molecule has 0 saturated heterocycles. The fourth-order valence-electron chi connectivity index (χ4n) is 1.68. The minimum Gasteiger partial charge on any atom is -0.444 e. The van der Waals surface area contributed by atoms with Gasteiger partial charge in [-0.3, -0.25) is 4.98 Å². The fourth-order valence-corrected chi connectivity index (χ4v) is 1.68. The van der Waals surface area contributed by atoms with E-state index in [1.54, 1.807) is 6.20 Å². The number of pyridine rings is 1. The molecule has 1 heterocycles. The molecule has 0 radical (unpaired) electrons. The van der Waals surface area contributed by atoms with Crippen LogP contribution in [-0.4, -0.2) is 28.4 Å². The quantitative estimate of drug-likeness (QED) is 0.846. The van der Waals surface area contributed by atoms with Gasteiger partial charge in [-0.05, 0) is 51.2 Å². The number of carbonyl (C=O) groups excluding carboxylic acids is 1. The van der Waals surface area contributed by atoms with E-state index in [1.807, 2.05) is 39.8 Å². The summed E-state index contributed by atoms with van der Waals surface area (Å²) in [6.07, 6.45) is 3.10. The van der Waals surface area contributed by atoms with Crippen molar-refractivity contribution in [2.24, 2.45) is 5.92 Å². The van der Waals surface area contributed by atoms with E-state index in [9.17, 15) is 4.79 Å². The Morgan fingerprint density at radius 3 is 2.67 bits per heavy atom. The van der Waals surface area contributed by atoms with Crippen LogP contribution in [0.4, 0.5) is 4.79 Å². The van der Waals surface area contributed by atoms with E-state index in [0.717, 1.165) is 24.1 Å². The van der Waals surface area contributed by atoms with Crippen molar-refractivity contribution in [2.75, 3.05) is 6.61 Å². The molecule has 5 heteroatoms. The maximum atomic E-state index is 11.5. The summed E-state index contributed by atoms with van der Waals surface area (Å²) in [5.74, 6) is 0.292. The zero-order valence-corrected chi connectivity index (χ0v) is 13.3. The zero-order chi connectivity index (χ0) is 15.9.